The summed E-state index contributed by atoms with van der Waals surface area (Å²) in [4.78, 5) is 23.3. The molecule has 1 rings (SSSR count). The topological polar surface area (TPSA) is 66.6 Å². The Labute approximate surface area is 76.3 Å². The van der Waals surface area contributed by atoms with Crippen LogP contribution in [0.3, 0.4) is 0 Å². The van der Waals surface area contributed by atoms with Gasteiger partial charge in [-0.25, -0.2) is 0 Å². The van der Waals surface area contributed by atoms with Crippen LogP contribution < -0.4 is 0 Å². The van der Waals surface area contributed by atoms with Crippen molar-refractivity contribution >= 4 is 11.9 Å². The molecule has 74 valence electrons. The van der Waals surface area contributed by atoms with E-state index in [1.807, 2.05) is 6.92 Å². The first kappa shape index (κ1) is 9.98. The minimum atomic E-state index is -0.958. The van der Waals surface area contributed by atoms with E-state index >= 15 is 0 Å². The normalized spacial score (nSPS) is 31.1. The summed E-state index contributed by atoms with van der Waals surface area (Å²) in [7, 11) is 0. The lowest BCUT2D eigenvalue weighted by Gasteiger charge is -1.98. The van der Waals surface area contributed by atoms with Crippen LogP contribution in [0.25, 0.3) is 0 Å². The molecule has 1 heterocycles. The number of esters is 1. The number of ether oxygens (including phenoxy) is 1. The van der Waals surface area contributed by atoms with Gasteiger partial charge in [-0.3, -0.25) is 14.5 Å². The molecule has 1 N–H and O–H groups in total. The Morgan fingerprint density at radius 1 is 1.38 bits per heavy atom. The molecule has 0 aliphatic carbocycles. The van der Waals surface area contributed by atoms with Crippen molar-refractivity contribution < 1.29 is 19.4 Å². The molecule has 5 nitrogen and oxygen atoms in total. The van der Waals surface area contributed by atoms with Crippen LogP contribution >= 0.6 is 0 Å². The minimum absolute atomic E-state index is 0.291. The third-order valence-electron chi connectivity index (χ3n) is 2.07. The molecule has 0 aromatic carbocycles. The third kappa shape index (κ3) is 1.80. The number of hydrogen-bond acceptors (Lipinski definition) is 4. The summed E-state index contributed by atoms with van der Waals surface area (Å²) in [5.74, 6) is -1.39. The number of hydrogen-bond donors (Lipinski definition) is 1. The molecule has 1 unspecified atom stereocenters. The second-order valence-electron chi connectivity index (χ2n) is 2.81. The summed E-state index contributed by atoms with van der Waals surface area (Å²) in [5.41, 5.74) is 0. The molecule has 3 atom stereocenters. The molecule has 0 radical (unpaired) electrons. The van der Waals surface area contributed by atoms with Gasteiger partial charge in [0, 0.05) is 0 Å². The highest BCUT2D eigenvalue weighted by Crippen LogP contribution is 2.28. The van der Waals surface area contributed by atoms with Crippen molar-refractivity contribution in [2.24, 2.45) is 0 Å². The first-order chi connectivity index (χ1) is 6.13. The van der Waals surface area contributed by atoms with Crippen molar-refractivity contribution in [2.75, 3.05) is 13.2 Å². The molecule has 0 saturated carbocycles. The fourth-order valence-electron chi connectivity index (χ4n) is 1.44. The fraction of sp³-hybridized carbons (Fsp3) is 0.750. The molecule has 5 heteroatoms. The number of nitrogens with zero attached hydrogens (tertiary/aromatic N) is 1. The van der Waals surface area contributed by atoms with E-state index in [9.17, 15) is 9.59 Å². The second-order valence-corrected chi connectivity index (χ2v) is 2.81. The van der Waals surface area contributed by atoms with Gasteiger partial charge in [0.05, 0.1) is 6.61 Å². The Kier molecular flexibility index (Phi) is 2.87. The van der Waals surface area contributed by atoms with Crippen molar-refractivity contribution in [3.63, 3.8) is 0 Å². The average molecular weight is 187 g/mol. The molecule has 0 aromatic rings. The van der Waals surface area contributed by atoms with Crippen LogP contribution in [0.2, 0.25) is 0 Å². The number of carboxylic acids is 1. The molecule has 1 saturated heterocycles. The molecule has 0 amide bonds. The van der Waals surface area contributed by atoms with E-state index in [-0.39, 0.29) is 0 Å². The van der Waals surface area contributed by atoms with Crippen molar-refractivity contribution in [1.82, 2.24) is 4.90 Å². The van der Waals surface area contributed by atoms with Gasteiger partial charge in [0.15, 0.2) is 0 Å². The molecular formula is C8H13NO4. The molecular weight excluding hydrogens is 174 g/mol. The second kappa shape index (κ2) is 3.74. The maximum absolute atomic E-state index is 11.2. The van der Waals surface area contributed by atoms with Crippen LogP contribution in [-0.2, 0) is 14.3 Å². The van der Waals surface area contributed by atoms with E-state index in [4.69, 9.17) is 9.84 Å². The maximum Gasteiger partial charge on any atom is 0.325 e. The number of aliphatic carboxylic acids is 1. The standard InChI is InChI=1S/C8H13NO4/c1-3-9-5(7(10)11)6(9)8(12)13-4-2/h5-6H,3-4H2,1-2H3,(H,10,11)/t5-,6-,9?/m0/s1. The van der Waals surface area contributed by atoms with Gasteiger partial charge in [0.25, 0.3) is 0 Å². The number of carbonyl (C=O) groups excluding carboxylic acids is 1. The van der Waals surface area contributed by atoms with Crippen molar-refractivity contribution in [3.05, 3.63) is 0 Å². The largest absolute Gasteiger partial charge is 0.480 e. The lowest BCUT2D eigenvalue weighted by atomic mass is 10.3. The van der Waals surface area contributed by atoms with Crippen molar-refractivity contribution in [2.45, 2.75) is 25.9 Å². The van der Waals surface area contributed by atoms with Gasteiger partial charge >= 0.3 is 11.9 Å². The molecule has 1 aliphatic heterocycles. The zero-order valence-electron chi connectivity index (χ0n) is 7.69. The Balaban J connectivity index is 2.53. The van der Waals surface area contributed by atoms with E-state index in [0.717, 1.165) is 0 Å². The van der Waals surface area contributed by atoms with Crippen LogP contribution in [0.5, 0.6) is 0 Å². The van der Waals surface area contributed by atoms with Crippen LogP contribution in [0.15, 0.2) is 0 Å². The van der Waals surface area contributed by atoms with Gasteiger partial charge in [0.1, 0.15) is 12.1 Å². The molecule has 0 spiro atoms. The van der Waals surface area contributed by atoms with Crippen LogP contribution in [0, 0.1) is 0 Å². The Hall–Kier alpha value is -1.10. The Bertz CT molecular complexity index is 228. The molecule has 1 aliphatic rings. The zero-order chi connectivity index (χ0) is 10.0. The lowest BCUT2D eigenvalue weighted by Crippen LogP contribution is -2.18. The summed E-state index contributed by atoms with van der Waals surface area (Å²) < 4.78 is 4.73. The summed E-state index contributed by atoms with van der Waals surface area (Å²) in [6.07, 6.45) is 0. The number of carbonyl (C=O) groups is 2. The highest BCUT2D eigenvalue weighted by Gasteiger charge is 2.57. The summed E-state index contributed by atoms with van der Waals surface area (Å²) in [6, 6.07) is -1.24. The van der Waals surface area contributed by atoms with E-state index in [1.165, 1.54) is 0 Å². The molecule has 13 heavy (non-hydrogen) atoms. The van der Waals surface area contributed by atoms with Crippen LogP contribution in [0.4, 0.5) is 0 Å². The Morgan fingerprint density at radius 3 is 2.31 bits per heavy atom. The van der Waals surface area contributed by atoms with Gasteiger partial charge in [-0.2, -0.15) is 0 Å². The highest BCUT2D eigenvalue weighted by atomic mass is 16.5. The van der Waals surface area contributed by atoms with Gasteiger partial charge in [-0.05, 0) is 13.5 Å². The number of likely N-dealkylation sites (N-methyl/N-ethyl adjacent to an activating group) is 1. The maximum atomic E-state index is 11.2. The number of rotatable bonds is 4. The number of carboxylic acid groups (broad SMARTS) is 1. The fourth-order valence-corrected chi connectivity index (χ4v) is 1.44. The average Bonchev–Trinajstić information content (AvgIpc) is 2.78. The molecule has 0 bridgehead atoms. The van der Waals surface area contributed by atoms with Crippen molar-refractivity contribution in [1.29, 1.82) is 0 Å². The quantitative estimate of drug-likeness (QED) is 0.483. The van der Waals surface area contributed by atoms with Crippen molar-refractivity contribution in [3.8, 4) is 0 Å². The van der Waals surface area contributed by atoms with E-state index in [0.29, 0.717) is 13.2 Å². The summed E-state index contributed by atoms with van der Waals surface area (Å²) >= 11 is 0. The molecule has 0 aromatic heterocycles. The first-order valence-electron chi connectivity index (χ1n) is 4.28. The van der Waals surface area contributed by atoms with Crippen LogP contribution in [-0.4, -0.2) is 47.2 Å². The predicted octanol–water partition coefficient (Wildman–Crippen LogP) is -0.293. The Morgan fingerprint density at radius 2 is 2.00 bits per heavy atom. The molecule has 1 fully saturated rings. The van der Waals surface area contributed by atoms with E-state index in [1.54, 1.807) is 11.8 Å². The van der Waals surface area contributed by atoms with Crippen LogP contribution in [0.1, 0.15) is 13.8 Å². The SMILES string of the molecule is CCOC(=O)[C@@H]1[C@@H](C(=O)O)N1CC. The predicted molar refractivity (Wildman–Crippen MR) is 44.2 cm³/mol. The lowest BCUT2D eigenvalue weighted by molar-refractivity contribution is -0.145. The monoisotopic (exact) mass is 187 g/mol. The minimum Gasteiger partial charge on any atom is -0.480 e. The zero-order valence-corrected chi connectivity index (χ0v) is 7.69. The first-order valence-corrected chi connectivity index (χ1v) is 4.28. The van der Waals surface area contributed by atoms with Gasteiger partial charge < -0.3 is 9.84 Å². The van der Waals surface area contributed by atoms with Gasteiger partial charge in [0.2, 0.25) is 0 Å². The van der Waals surface area contributed by atoms with E-state index < -0.39 is 24.0 Å². The summed E-state index contributed by atoms with van der Waals surface area (Å²) in [6.45, 7) is 4.36. The van der Waals surface area contributed by atoms with E-state index in [2.05, 4.69) is 0 Å². The van der Waals surface area contributed by atoms with Gasteiger partial charge in [-0.15, -0.1) is 0 Å². The van der Waals surface area contributed by atoms with Gasteiger partial charge in [-0.1, -0.05) is 6.92 Å². The smallest absolute Gasteiger partial charge is 0.325 e. The third-order valence-corrected chi connectivity index (χ3v) is 2.07. The summed E-state index contributed by atoms with van der Waals surface area (Å²) in [5, 5.41) is 8.69. The highest BCUT2D eigenvalue weighted by molar-refractivity contribution is 5.91.